The minimum atomic E-state index is -0.242. The van der Waals surface area contributed by atoms with E-state index >= 15 is 0 Å². The molecule has 0 aliphatic carbocycles. The van der Waals surface area contributed by atoms with Gasteiger partial charge in [-0.05, 0) is 42.0 Å². The summed E-state index contributed by atoms with van der Waals surface area (Å²) in [6.45, 7) is 0.149. The van der Waals surface area contributed by atoms with Crippen LogP contribution >= 0.6 is 23.2 Å². The van der Waals surface area contributed by atoms with Crippen LogP contribution in [0.4, 0.5) is 0 Å². The molecule has 0 amide bonds. The molecular formula is C17H12Cl2O4. The maximum Gasteiger partial charge on any atom is 0.231 e. The summed E-state index contributed by atoms with van der Waals surface area (Å²) in [5, 5.41) is 0.809. The molecule has 0 saturated heterocycles. The van der Waals surface area contributed by atoms with Gasteiger partial charge in [0.05, 0.1) is 12.1 Å². The van der Waals surface area contributed by atoms with E-state index in [9.17, 15) is 4.79 Å². The number of halogens is 2. The fourth-order valence-corrected chi connectivity index (χ4v) is 2.58. The van der Waals surface area contributed by atoms with Gasteiger partial charge < -0.3 is 14.2 Å². The van der Waals surface area contributed by atoms with Gasteiger partial charge in [0, 0.05) is 10.6 Å². The van der Waals surface area contributed by atoms with E-state index in [2.05, 4.69) is 0 Å². The number of methoxy groups -OCH3 is 1. The Hall–Kier alpha value is -2.17. The Kier molecular flexibility index (Phi) is 4.46. The molecule has 0 bridgehead atoms. The molecule has 0 radical (unpaired) electrons. The largest absolute Gasteiger partial charge is 0.493 e. The van der Waals surface area contributed by atoms with Crippen molar-refractivity contribution in [3.63, 3.8) is 0 Å². The second-order valence-electron chi connectivity index (χ2n) is 4.78. The van der Waals surface area contributed by atoms with Gasteiger partial charge in [-0.1, -0.05) is 29.3 Å². The van der Waals surface area contributed by atoms with Crippen molar-refractivity contribution in [1.82, 2.24) is 0 Å². The fraction of sp³-hybridized carbons (Fsp3) is 0.118. The Morgan fingerprint density at radius 1 is 1.22 bits per heavy atom. The molecule has 6 heteroatoms. The number of hydrogen-bond donors (Lipinski definition) is 0. The number of rotatable bonds is 4. The predicted octanol–water partition coefficient (Wildman–Crippen LogP) is 4.63. The molecule has 3 rings (SSSR count). The molecule has 0 N–H and O–H groups in total. The van der Waals surface area contributed by atoms with Crippen LogP contribution < -0.4 is 14.2 Å². The molecule has 0 aromatic heterocycles. The highest BCUT2D eigenvalue weighted by molar-refractivity contribution is 6.36. The van der Waals surface area contributed by atoms with Gasteiger partial charge in [0.25, 0.3) is 0 Å². The van der Waals surface area contributed by atoms with Crippen LogP contribution in [0.1, 0.15) is 15.9 Å². The van der Waals surface area contributed by atoms with E-state index < -0.39 is 0 Å². The average Bonchev–Trinajstić information content (AvgIpc) is 3.02. The molecule has 0 unspecified atom stereocenters. The highest BCUT2D eigenvalue weighted by Crippen LogP contribution is 2.42. The van der Waals surface area contributed by atoms with E-state index in [1.54, 1.807) is 37.5 Å². The molecule has 4 nitrogen and oxygen atoms in total. The van der Waals surface area contributed by atoms with Crippen molar-refractivity contribution in [3.05, 3.63) is 57.6 Å². The lowest BCUT2D eigenvalue weighted by molar-refractivity contribution is 0.104. The van der Waals surface area contributed by atoms with Gasteiger partial charge in [-0.25, -0.2) is 0 Å². The first-order valence-electron chi connectivity index (χ1n) is 6.73. The molecule has 118 valence electrons. The zero-order valence-corrected chi connectivity index (χ0v) is 13.6. The van der Waals surface area contributed by atoms with Crippen LogP contribution in [0.3, 0.4) is 0 Å². The topological polar surface area (TPSA) is 44.8 Å². The van der Waals surface area contributed by atoms with Crippen LogP contribution in [0, 0.1) is 0 Å². The third kappa shape index (κ3) is 3.28. The number of ketones is 1. The zero-order valence-electron chi connectivity index (χ0n) is 12.1. The normalized spacial score (nSPS) is 12.7. The second kappa shape index (κ2) is 6.52. The highest BCUT2D eigenvalue weighted by Gasteiger charge is 2.19. The van der Waals surface area contributed by atoms with Crippen molar-refractivity contribution in [2.75, 3.05) is 13.9 Å². The summed E-state index contributed by atoms with van der Waals surface area (Å²) in [5.41, 5.74) is 1.10. The molecule has 0 saturated carbocycles. The molecule has 2 aromatic carbocycles. The van der Waals surface area contributed by atoms with E-state index in [0.29, 0.717) is 32.9 Å². The number of ether oxygens (including phenoxy) is 3. The van der Waals surface area contributed by atoms with Gasteiger partial charge in [-0.15, -0.1) is 0 Å². The van der Waals surface area contributed by atoms with Crippen molar-refractivity contribution in [1.29, 1.82) is 0 Å². The maximum absolute atomic E-state index is 12.3. The fourth-order valence-electron chi connectivity index (χ4n) is 2.19. The third-order valence-corrected chi connectivity index (χ3v) is 3.87. The van der Waals surface area contributed by atoms with E-state index in [1.807, 2.05) is 0 Å². The molecule has 2 aromatic rings. The lowest BCUT2D eigenvalue weighted by atomic mass is 10.1. The van der Waals surface area contributed by atoms with Gasteiger partial charge in [0.15, 0.2) is 17.3 Å². The van der Waals surface area contributed by atoms with Crippen LogP contribution in [-0.4, -0.2) is 19.7 Å². The van der Waals surface area contributed by atoms with Crippen molar-refractivity contribution >= 4 is 35.1 Å². The van der Waals surface area contributed by atoms with Crippen LogP contribution in [0.15, 0.2) is 36.4 Å². The summed E-state index contributed by atoms with van der Waals surface area (Å²) in [6.07, 6.45) is 3.08. The monoisotopic (exact) mass is 350 g/mol. The first-order chi connectivity index (χ1) is 11.1. The van der Waals surface area contributed by atoms with E-state index in [1.165, 1.54) is 12.1 Å². The Morgan fingerprint density at radius 3 is 2.83 bits per heavy atom. The molecule has 1 aliphatic heterocycles. The van der Waals surface area contributed by atoms with Gasteiger partial charge in [-0.3, -0.25) is 4.79 Å². The molecule has 1 heterocycles. The summed E-state index contributed by atoms with van der Waals surface area (Å²) in [5.74, 6) is 1.45. The van der Waals surface area contributed by atoms with Crippen LogP contribution in [-0.2, 0) is 0 Å². The molecule has 0 spiro atoms. The van der Waals surface area contributed by atoms with Gasteiger partial charge in [-0.2, -0.15) is 0 Å². The summed E-state index contributed by atoms with van der Waals surface area (Å²) in [4.78, 5) is 12.3. The maximum atomic E-state index is 12.3. The summed E-state index contributed by atoms with van der Waals surface area (Å²) in [6, 6.07) is 8.30. The lowest BCUT2D eigenvalue weighted by Gasteiger charge is -2.06. The third-order valence-electron chi connectivity index (χ3n) is 3.30. The Morgan fingerprint density at radius 2 is 2.04 bits per heavy atom. The molecular weight excluding hydrogens is 339 g/mol. The van der Waals surface area contributed by atoms with Crippen LogP contribution in [0.5, 0.6) is 17.2 Å². The number of carbonyl (C=O) groups is 1. The number of carbonyl (C=O) groups excluding carboxylic acids is 1. The number of fused-ring (bicyclic) bond motifs is 1. The number of benzene rings is 2. The predicted molar refractivity (Wildman–Crippen MR) is 88.9 cm³/mol. The van der Waals surface area contributed by atoms with E-state index in [0.717, 1.165) is 5.56 Å². The SMILES string of the molecule is COc1cc(/C=C/C(=O)c2cc(Cl)ccc2Cl)cc2c1OCO2. The smallest absolute Gasteiger partial charge is 0.231 e. The lowest BCUT2D eigenvalue weighted by Crippen LogP contribution is -1.95. The van der Waals surface area contributed by atoms with Crippen molar-refractivity contribution < 1.29 is 19.0 Å². The summed E-state index contributed by atoms with van der Waals surface area (Å²) < 4.78 is 15.9. The number of allylic oxidation sites excluding steroid dienone is 1. The molecule has 0 fully saturated rings. The first kappa shape index (κ1) is 15.7. The van der Waals surface area contributed by atoms with Gasteiger partial charge >= 0.3 is 0 Å². The Balaban J connectivity index is 1.88. The van der Waals surface area contributed by atoms with E-state index in [-0.39, 0.29) is 12.6 Å². The number of hydrogen-bond acceptors (Lipinski definition) is 4. The Labute approximate surface area is 143 Å². The highest BCUT2D eigenvalue weighted by atomic mass is 35.5. The van der Waals surface area contributed by atoms with Gasteiger partial charge in [0.2, 0.25) is 12.5 Å². The van der Waals surface area contributed by atoms with Crippen molar-refractivity contribution in [2.45, 2.75) is 0 Å². The molecule has 1 aliphatic rings. The standard InChI is InChI=1S/C17H12Cl2O4/c1-21-15-6-10(7-16-17(15)23-9-22-16)2-5-14(20)12-8-11(18)3-4-13(12)19/h2-8H,9H2,1H3/b5-2+. The minimum Gasteiger partial charge on any atom is -0.493 e. The van der Waals surface area contributed by atoms with Crippen molar-refractivity contribution in [2.24, 2.45) is 0 Å². The molecule has 0 atom stereocenters. The zero-order chi connectivity index (χ0) is 16.4. The Bertz CT molecular complexity index is 799. The summed E-state index contributed by atoms with van der Waals surface area (Å²) in [7, 11) is 1.54. The quantitative estimate of drug-likeness (QED) is 0.595. The minimum absolute atomic E-state index is 0.149. The van der Waals surface area contributed by atoms with Crippen LogP contribution in [0.2, 0.25) is 10.0 Å². The first-order valence-corrected chi connectivity index (χ1v) is 7.49. The summed E-state index contributed by atoms with van der Waals surface area (Å²) >= 11 is 11.9. The van der Waals surface area contributed by atoms with Crippen molar-refractivity contribution in [3.8, 4) is 17.2 Å². The average molecular weight is 351 g/mol. The van der Waals surface area contributed by atoms with E-state index in [4.69, 9.17) is 37.4 Å². The van der Waals surface area contributed by atoms with Gasteiger partial charge in [0.1, 0.15) is 0 Å². The molecule has 23 heavy (non-hydrogen) atoms. The van der Waals surface area contributed by atoms with Crippen LogP contribution in [0.25, 0.3) is 6.08 Å². The second-order valence-corrected chi connectivity index (χ2v) is 5.62.